The Balaban J connectivity index is 1.08. The van der Waals surface area contributed by atoms with Gasteiger partial charge in [0.25, 0.3) is 0 Å². The van der Waals surface area contributed by atoms with Crippen LogP contribution in [0.25, 0.3) is 0 Å². The fourth-order valence-corrected chi connectivity index (χ4v) is 14.7. The van der Waals surface area contributed by atoms with E-state index in [9.17, 15) is 68.7 Å². The summed E-state index contributed by atoms with van der Waals surface area (Å²) in [5.41, 5.74) is 0.314. The van der Waals surface area contributed by atoms with Gasteiger partial charge in [-0.3, -0.25) is 48.1 Å². The summed E-state index contributed by atoms with van der Waals surface area (Å²) in [7, 11) is 3.02. The van der Waals surface area contributed by atoms with Crippen molar-refractivity contribution in [2.75, 3.05) is 14.1 Å². The van der Waals surface area contributed by atoms with E-state index in [-0.39, 0.29) is 49.7 Å². The van der Waals surface area contributed by atoms with Gasteiger partial charge in [-0.1, -0.05) is 65.2 Å². The lowest BCUT2D eigenvalue weighted by atomic mass is 9.39. The fourth-order valence-electron chi connectivity index (χ4n) is 14.7. The van der Waals surface area contributed by atoms with Gasteiger partial charge in [0, 0.05) is 34.8 Å². The maximum atomic E-state index is 14.6. The van der Waals surface area contributed by atoms with Crippen LogP contribution in [0.2, 0.25) is 0 Å². The van der Waals surface area contributed by atoms with E-state index in [1.54, 1.807) is 27.7 Å². The van der Waals surface area contributed by atoms with E-state index in [0.717, 1.165) is 0 Å². The summed E-state index contributed by atoms with van der Waals surface area (Å²) in [4.78, 5) is 126. The molecule has 0 aromatic heterocycles. The molecule has 5 unspecified atom stereocenters. The second-order valence-electron chi connectivity index (χ2n) is 22.1. The number of ketones is 7. The van der Waals surface area contributed by atoms with Crippen molar-refractivity contribution in [3.05, 3.63) is 57.6 Å². The van der Waals surface area contributed by atoms with Crippen molar-refractivity contribution in [2.45, 2.75) is 103 Å². The molecule has 6 aliphatic rings. The van der Waals surface area contributed by atoms with Gasteiger partial charge in [-0.25, -0.2) is 0 Å². The van der Waals surface area contributed by atoms with Gasteiger partial charge in [-0.15, -0.1) is 0 Å². The molecule has 0 radical (unpaired) electrons. The normalized spacial score (nSPS) is 37.4. The second-order valence-corrected chi connectivity index (χ2v) is 22.1. The van der Waals surface area contributed by atoms with Crippen LogP contribution in [0, 0.1) is 80.8 Å². The number of Topliss-reactive ketones (excluding diaryl/α,β-unsaturated/α-hetero) is 7. The van der Waals surface area contributed by atoms with Crippen LogP contribution in [0.15, 0.2) is 24.3 Å². The van der Waals surface area contributed by atoms with Crippen LogP contribution in [0.4, 0.5) is 0 Å². The van der Waals surface area contributed by atoms with Gasteiger partial charge in [-0.05, 0) is 97.8 Å². The number of hydrogen-bond donors (Lipinski definition) is 7. The first kappa shape index (κ1) is 50.0. The van der Waals surface area contributed by atoms with Crippen molar-refractivity contribution in [3.8, 4) is 35.2 Å². The van der Waals surface area contributed by atoms with Crippen molar-refractivity contribution in [1.29, 1.82) is 0 Å². The molecule has 368 valence electrons. The number of carbonyl (C=O) groups excluding carboxylic acids is 9. The van der Waals surface area contributed by atoms with Crippen LogP contribution < -0.4 is 11.5 Å². The molecule has 2 aromatic rings. The molecular formula is C53H57N3O14. The number of aliphatic hydroxyl groups excluding tert-OH is 1. The highest BCUT2D eigenvalue weighted by atomic mass is 16.3. The zero-order valence-corrected chi connectivity index (χ0v) is 40.2. The van der Waals surface area contributed by atoms with E-state index >= 15 is 0 Å². The maximum absolute atomic E-state index is 14.6. The summed E-state index contributed by atoms with van der Waals surface area (Å²) in [5, 5.41) is 58.0. The number of nitrogens with two attached hydrogens (primary N) is 2. The van der Waals surface area contributed by atoms with Crippen LogP contribution in [-0.2, 0) is 46.4 Å². The Morgan fingerprint density at radius 1 is 0.686 bits per heavy atom. The van der Waals surface area contributed by atoms with Crippen molar-refractivity contribution >= 4 is 52.3 Å². The molecule has 2 amide bonds. The number of hydrogen-bond acceptors (Lipinski definition) is 15. The standard InChI is InChI=1S/C53H57N3O14/c1-23(2)34-39(61)32(46(54)67)42(63)52(69)44(65)35-37(59)30-26(19-48(35,3)21-50(34,52)5)24(15-17-28(30)57)13-11-9-10-12-14-25-16-18-29(58)31-27(25)20-49(4)22-51(6)41(56(7)8)40(62)33(47(55)68)43(64)53(51,70)45(66)36(49)38(31)60/h15-18,23,32-36,39,41,57-58,61,69-70H,9-10,19-22H2,1-8H3,(H2,54,67)(H2,55,68)/t32?,33?,34-,35?,36?,39?,41-,48+,49+,50+,51+,52-,53-/m1/s1. The topological polar surface area (TPSA) is 310 Å². The SMILES string of the molecule is CC(C)[C@@H]1C(O)C(C(N)=O)C(=O)[C@@]2(O)C(=O)C3C(=O)c4c(O)ccc(C#CCCC#Cc5ccc(O)c6c5C[C@@]5(C)C[C@@]7(C)[C@H](N(C)C)C(=O)C(C(N)=O)C(=O)[C@@]7(O)C(=O)C5C6=O)c4C[C@@]3(C)C[C@@]12C. The largest absolute Gasteiger partial charge is 0.507 e. The average molecular weight is 960 g/mol. The molecule has 4 saturated carbocycles. The predicted molar refractivity (Wildman–Crippen MR) is 246 cm³/mol. The van der Waals surface area contributed by atoms with E-state index in [1.165, 1.54) is 57.1 Å². The van der Waals surface area contributed by atoms with Crippen molar-refractivity contribution in [2.24, 2.45) is 68.6 Å². The number of carbonyl (C=O) groups is 9. The number of benzene rings is 2. The van der Waals surface area contributed by atoms with Crippen LogP contribution in [0.3, 0.4) is 0 Å². The molecule has 0 spiro atoms. The van der Waals surface area contributed by atoms with Gasteiger partial charge in [-0.2, -0.15) is 0 Å². The lowest BCUT2D eigenvalue weighted by Crippen LogP contribution is -2.79. The third-order valence-corrected chi connectivity index (χ3v) is 17.1. The first-order valence-electron chi connectivity index (χ1n) is 23.3. The number of aromatic hydroxyl groups is 2. The summed E-state index contributed by atoms with van der Waals surface area (Å²) < 4.78 is 0. The molecule has 0 aliphatic heterocycles. The van der Waals surface area contributed by atoms with E-state index in [1.807, 2.05) is 0 Å². The minimum Gasteiger partial charge on any atom is -0.507 e. The minimum atomic E-state index is -2.94. The summed E-state index contributed by atoms with van der Waals surface area (Å²) in [6, 6.07) is 4.25. The van der Waals surface area contributed by atoms with Gasteiger partial charge in [0.05, 0.1) is 35.1 Å². The molecule has 0 bridgehead atoms. The van der Waals surface area contributed by atoms with Crippen molar-refractivity contribution in [3.63, 3.8) is 0 Å². The molecule has 17 nitrogen and oxygen atoms in total. The van der Waals surface area contributed by atoms with Crippen LogP contribution in [0.5, 0.6) is 11.5 Å². The summed E-state index contributed by atoms with van der Waals surface area (Å²) in [6.45, 7) is 9.74. The Morgan fingerprint density at radius 3 is 1.51 bits per heavy atom. The average Bonchev–Trinajstić information content (AvgIpc) is 3.22. The van der Waals surface area contributed by atoms with Gasteiger partial charge in [0.1, 0.15) is 17.4 Å². The van der Waals surface area contributed by atoms with Crippen molar-refractivity contribution in [1.82, 2.24) is 4.90 Å². The van der Waals surface area contributed by atoms with Crippen LogP contribution >= 0.6 is 0 Å². The highest BCUT2D eigenvalue weighted by Crippen LogP contribution is 2.65. The smallest absolute Gasteiger partial charge is 0.235 e. The Bertz CT molecular complexity index is 2950. The van der Waals surface area contributed by atoms with Gasteiger partial charge in [0.2, 0.25) is 11.8 Å². The van der Waals surface area contributed by atoms with Gasteiger partial charge >= 0.3 is 0 Å². The Hall–Kier alpha value is -6.37. The number of phenolic OH excluding ortho intramolecular Hbond substituents is 2. The number of nitrogens with zero attached hydrogens (tertiary/aromatic N) is 1. The number of phenols is 2. The molecule has 13 atom stereocenters. The summed E-state index contributed by atoms with van der Waals surface area (Å²) >= 11 is 0. The van der Waals surface area contributed by atoms with E-state index in [2.05, 4.69) is 23.7 Å². The molecule has 4 fully saturated rings. The molecular weight excluding hydrogens is 903 g/mol. The number of primary amides is 2. The molecule has 8 rings (SSSR count). The highest BCUT2D eigenvalue weighted by molar-refractivity contribution is 6.33. The second kappa shape index (κ2) is 16.1. The predicted octanol–water partition coefficient (Wildman–Crippen LogP) is 0.925. The number of amides is 2. The van der Waals surface area contributed by atoms with Gasteiger partial charge < -0.3 is 37.0 Å². The lowest BCUT2D eigenvalue weighted by Gasteiger charge is -2.63. The van der Waals surface area contributed by atoms with Crippen LogP contribution in [0.1, 0.15) is 110 Å². The first-order chi connectivity index (χ1) is 32.4. The molecule has 70 heavy (non-hydrogen) atoms. The molecule has 9 N–H and O–H groups in total. The third-order valence-electron chi connectivity index (χ3n) is 17.1. The Kier molecular flexibility index (Phi) is 11.5. The monoisotopic (exact) mass is 959 g/mol. The zero-order valence-electron chi connectivity index (χ0n) is 40.2. The highest BCUT2D eigenvalue weighted by Gasteiger charge is 2.78. The fraction of sp³-hybridized carbons (Fsp3) is 0.528. The molecule has 17 heteroatoms. The summed E-state index contributed by atoms with van der Waals surface area (Å²) in [5.74, 6) is -7.28. The zero-order chi connectivity index (χ0) is 51.9. The lowest BCUT2D eigenvalue weighted by molar-refractivity contribution is -0.222. The minimum absolute atomic E-state index is 0.0203. The summed E-state index contributed by atoms with van der Waals surface area (Å²) in [6.07, 6.45) is -1.53. The third kappa shape index (κ3) is 6.37. The number of unbranched alkanes of at least 4 members (excludes halogenated alkanes) is 1. The quantitative estimate of drug-likeness (QED) is 0.125. The van der Waals surface area contributed by atoms with Gasteiger partial charge in [0.15, 0.2) is 57.6 Å². The van der Waals surface area contributed by atoms with Crippen molar-refractivity contribution < 1.29 is 68.7 Å². The van der Waals surface area contributed by atoms with Crippen LogP contribution in [-0.4, -0.2) is 120 Å². The van der Waals surface area contributed by atoms with E-state index < -0.39 is 144 Å². The van der Waals surface area contributed by atoms with E-state index in [4.69, 9.17) is 11.5 Å². The Morgan fingerprint density at radius 2 is 1.11 bits per heavy atom. The number of likely N-dealkylation sites (N-methyl/N-ethyl adjacent to an activating group) is 1. The van der Waals surface area contributed by atoms with E-state index in [0.29, 0.717) is 22.3 Å². The molecule has 0 saturated heterocycles. The number of fused-ring (bicyclic) bond motifs is 6. The number of aliphatic hydroxyl groups is 3. The Labute approximate surface area is 403 Å². The molecule has 0 heterocycles. The first-order valence-corrected chi connectivity index (χ1v) is 23.3. The number of rotatable bonds is 5. The molecule has 6 aliphatic carbocycles. The molecule has 2 aromatic carbocycles. The maximum Gasteiger partial charge on any atom is 0.235 e.